The zero-order chi connectivity index (χ0) is 65.1. The van der Waals surface area contributed by atoms with Crippen LogP contribution in [0.15, 0.2) is 127 Å². The Hall–Kier alpha value is -9.26. The Balaban J connectivity index is 0.000000416. The van der Waals surface area contributed by atoms with Crippen LogP contribution in [0.25, 0.3) is 0 Å². The molecule has 0 atom stereocenters. The largest absolute Gasteiger partial charge is 0.477 e. The number of amides is 4. The third-order valence-electron chi connectivity index (χ3n) is 11.5. The summed E-state index contributed by atoms with van der Waals surface area (Å²) in [6.07, 6.45) is 0.730. The first-order valence-corrected chi connectivity index (χ1v) is 27.4. The maximum atomic E-state index is 12.4. The van der Waals surface area contributed by atoms with Crippen molar-refractivity contribution in [2.24, 2.45) is 23.2 Å². The van der Waals surface area contributed by atoms with Gasteiger partial charge in [0.05, 0.1) is 66.0 Å². The molecule has 3 aromatic heterocycles. The van der Waals surface area contributed by atoms with E-state index < -0.39 is 5.97 Å². The lowest BCUT2D eigenvalue weighted by Gasteiger charge is -2.08. The number of aliphatic hydroxyl groups excluding tert-OH is 3. The van der Waals surface area contributed by atoms with Crippen LogP contribution in [0.5, 0.6) is 0 Å². The second-order valence-electron chi connectivity index (χ2n) is 17.9. The van der Waals surface area contributed by atoms with E-state index in [-0.39, 0.29) is 133 Å². The van der Waals surface area contributed by atoms with E-state index in [2.05, 4.69) is 47.9 Å². The van der Waals surface area contributed by atoms with E-state index in [9.17, 15) is 43.2 Å². The summed E-state index contributed by atoms with van der Waals surface area (Å²) in [6.45, 7) is 6.17. The van der Waals surface area contributed by atoms with Gasteiger partial charge in [0.1, 0.15) is 34.2 Å². The molecule has 0 saturated heterocycles. The Morgan fingerprint density at radius 1 is 0.420 bits per heavy atom. The molecule has 0 unspecified atom stereocenters. The Labute approximate surface area is 508 Å². The highest BCUT2D eigenvalue weighted by molar-refractivity contribution is 6.00. The van der Waals surface area contributed by atoms with Crippen LogP contribution >= 0.6 is 0 Å². The van der Waals surface area contributed by atoms with Gasteiger partial charge in [0.15, 0.2) is 23.1 Å². The van der Waals surface area contributed by atoms with Crippen molar-refractivity contribution in [1.82, 2.24) is 36.2 Å². The van der Waals surface area contributed by atoms with Crippen LogP contribution in [0.1, 0.15) is 131 Å². The summed E-state index contributed by atoms with van der Waals surface area (Å²) < 4.78 is 15.2. The summed E-state index contributed by atoms with van der Waals surface area (Å²) in [5, 5.41) is 45.1. The van der Waals surface area contributed by atoms with Gasteiger partial charge in [-0.2, -0.15) is 0 Å². The van der Waals surface area contributed by atoms with Gasteiger partial charge in [0.2, 0.25) is 0 Å². The minimum absolute atomic E-state index is 0.00546. The van der Waals surface area contributed by atoms with E-state index in [0.717, 1.165) is 16.7 Å². The SMILES string of the molecule is CC(=O)c1cccc(C(=O)NCc2ccc(C(=O)NCCOCCO)cc2)n1.CC(=O)c1cccc(C(=O)O)n1.NCC(=O)c1cccc(C(=O)CCc2ccc(C(=O)NCCOCCO)cc2)n1.NCc1ccc(C(=O)NCCOCCO)cc1.NN. The number of carbonyl (C=O) groups is 9. The highest BCUT2D eigenvalue weighted by Gasteiger charge is 2.14. The van der Waals surface area contributed by atoms with Crippen LogP contribution in [0.4, 0.5) is 0 Å². The van der Waals surface area contributed by atoms with Gasteiger partial charge in [0, 0.05) is 69.7 Å². The number of aryl methyl sites for hydroxylation is 1. The Morgan fingerprint density at radius 2 is 0.773 bits per heavy atom. The maximum Gasteiger partial charge on any atom is 0.354 e. The number of carbonyl (C=O) groups excluding carboxylic acids is 8. The van der Waals surface area contributed by atoms with Crippen LogP contribution < -0.4 is 44.4 Å². The number of aromatic nitrogens is 3. The molecule has 16 N–H and O–H groups in total. The number of nitrogens with one attached hydrogen (secondary N) is 4. The van der Waals surface area contributed by atoms with Gasteiger partial charge < -0.3 is 67.4 Å². The first-order chi connectivity index (χ1) is 42.4. The molecule has 3 aromatic carbocycles. The minimum Gasteiger partial charge on any atom is -0.477 e. The highest BCUT2D eigenvalue weighted by Crippen LogP contribution is 2.12. The molecule has 0 saturated carbocycles. The number of aromatic carboxylic acids is 1. The second-order valence-corrected chi connectivity index (χ2v) is 17.9. The fourth-order valence-electron chi connectivity index (χ4n) is 6.92. The van der Waals surface area contributed by atoms with Crippen LogP contribution in [-0.4, -0.2) is 174 Å². The number of aliphatic hydroxyl groups is 3. The van der Waals surface area contributed by atoms with Crippen molar-refractivity contribution < 1.29 is 77.8 Å². The van der Waals surface area contributed by atoms with Crippen LogP contribution in [-0.2, 0) is 33.7 Å². The van der Waals surface area contributed by atoms with Gasteiger partial charge in [-0.05, 0) is 95.9 Å². The molecule has 88 heavy (non-hydrogen) atoms. The lowest BCUT2D eigenvalue weighted by atomic mass is 10.0. The Morgan fingerprint density at radius 3 is 1.16 bits per heavy atom. The van der Waals surface area contributed by atoms with E-state index >= 15 is 0 Å². The number of ketones is 4. The second kappa shape index (κ2) is 44.2. The summed E-state index contributed by atoms with van der Waals surface area (Å²) >= 11 is 0. The number of nitrogens with zero attached hydrogens (tertiary/aromatic N) is 3. The average Bonchev–Trinajstić information content (AvgIpc) is 3.64. The molecule has 0 aliphatic carbocycles. The zero-order valence-corrected chi connectivity index (χ0v) is 49.0. The van der Waals surface area contributed by atoms with E-state index in [0.29, 0.717) is 75.7 Å². The van der Waals surface area contributed by atoms with Gasteiger partial charge in [0.25, 0.3) is 23.6 Å². The molecule has 0 fully saturated rings. The average molecular weight is 1220 g/mol. The fourth-order valence-corrected chi connectivity index (χ4v) is 6.92. The number of hydrogen-bond acceptors (Lipinski definition) is 22. The molecule has 27 heteroatoms. The van der Waals surface area contributed by atoms with Crippen molar-refractivity contribution >= 4 is 52.7 Å². The molecule has 6 rings (SSSR count). The molecular weight excluding hydrogens is 1140 g/mol. The van der Waals surface area contributed by atoms with Crippen molar-refractivity contribution in [2.45, 2.75) is 39.8 Å². The number of pyridine rings is 3. The fraction of sp³-hybridized carbons (Fsp3) is 0.311. The van der Waals surface area contributed by atoms with Crippen molar-refractivity contribution in [3.8, 4) is 0 Å². The predicted molar refractivity (Wildman–Crippen MR) is 323 cm³/mol. The van der Waals surface area contributed by atoms with E-state index in [1.807, 2.05) is 12.1 Å². The number of carboxylic acids is 1. The number of rotatable bonds is 31. The number of benzene rings is 3. The van der Waals surface area contributed by atoms with E-state index in [1.165, 1.54) is 38.1 Å². The third kappa shape index (κ3) is 29.7. The summed E-state index contributed by atoms with van der Waals surface area (Å²) in [7, 11) is 0. The van der Waals surface area contributed by atoms with Gasteiger partial charge in [-0.1, -0.05) is 54.6 Å². The standard InChI is InChI=1S/C21H25N3O5.C20H23N3O5.C12H18N2O3.C8H7NO3.H4N2/c22-14-20(27)18-3-1-2-17(24-18)19(26)9-6-15-4-7-16(8-5-15)21(28)23-10-12-29-13-11-25;1-14(25)17-3-2-4-18(23-17)20(27)22-13-15-5-7-16(8-6-15)19(26)21-9-11-28-12-10-24;13-9-10-1-3-11(4-2-10)12(16)14-5-7-17-8-6-15;1-5(10)6-3-2-4-7(9-6)8(11)12;1-2/h1-5,7-8,25H,6,9-14,22H2,(H,23,28);2-8,24H,9-13H2,1H3,(H,21,26)(H,22,27);1-4,15H,5-9,13H2,(H,14,16);2-4H,1H3,(H,11,12);1-2H2. The topological polar surface area (TPSA) is 453 Å². The monoisotopic (exact) mass is 1220 g/mol. The summed E-state index contributed by atoms with van der Waals surface area (Å²) in [5.74, 6) is 4.99. The van der Waals surface area contributed by atoms with Crippen LogP contribution in [0.3, 0.4) is 0 Å². The Kier molecular flexibility index (Phi) is 37.6. The van der Waals surface area contributed by atoms with Crippen LogP contribution in [0, 0.1) is 0 Å². The van der Waals surface area contributed by atoms with Gasteiger partial charge in [-0.25, -0.2) is 19.7 Å². The molecular formula is C61H77N11O16. The first kappa shape index (κ1) is 74.8. The molecule has 6 aromatic rings. The quantitative estimate of drug-likeness (QED) is 0.0127. The van der Waals surface area contributed by atoms with Crippen molar-refractivity contribution in [3.05, 3.63) is 195 Å². The normalized spacial score (nSPS) is 10.1. The number of hydrazine groups is 1. The number of hydrogen-bond donors (Lipinski definition) is 12. The minimum atomic E-state index is -1.13. The third-order valence-corrected chi connectivity index (χ3v) is 11.5. The van der Waals surface area contributed by atoms with Crippen molar-refractivity contribution in [3.63, 3.8) is 0 Å². The molecule has 3 heterocycles. The smallest absolute Gasteiger partial charge is 0.354 e. The van der Waals surface area contributed by atoms with Crippen LogP contribution in [0.2, 0.25) is 0 Å². The number of ether oxygens (including phenoxy) is 3. The van der Waals surface area contributed by atoms with Gasteiger partial charge >= 0.3 is 5.97 Å². The molecule has 0 aliphatic heterocycles. The first-order valence-electron chi connectivity index (χ1n) is 27.4. The number of Topliss-reactive ketones (excluding diaryl/α,β-unsaturated/α-hetero) is 4. The lowest BCUT2D eigenvalue weighted by molar-refractivity contribution is 0.0688. The molecule has 27 nitrogen and oxygen atoms in total. The molecule has 472 valence electrons. The summed E-state index contributed by atoms with van der Waals surface area (Å²) in [4.78, 5) is 116. The van der Waals surface area contributed by atoms with E-state index in [4.69, 9.17) is 46.1 Å². The predicted octanol–water partition coefficient (Wildman–Crippen LogP) is 1.42. The van der Waals surface area contributed by atoms with Gasteiger partial charge in [-0.3, -0.25) is 50.0 Å². The van der Waals surface area contributed by atoms with E-state index in [1.54, 1.807) is 91.0 Å². The highest BCUT2D eigenvalue weighted by atomic mass is 16.5. The summed E-state index contributed by atoms with van der Waals surface area (Å²) in [6, 6.07) is 34.7. The molecule has 0 radical (unpaired) electrons. The molecule has 0 bridgehead atoms. The van der Waals surface area contributed by atoms with Crippen molar-refractivity contribution in [2.75, 3.05) is 85.6 Å². The molecule has 0 spiro atoms. The number of nitrogens with two attached hydrogens (primary N) is 4. The lowest BCUT2D eigenvalue weighted by Crippen LogP contribution is -2.27. The van der Waals surface area contributed by atoms with Gasteiger partial charge in [-0.15, -0.1) is 0 Å². The Bertz CT molecular complexity index is 3100. The molecule has 4 amide bonds. The molecule has 0 aliphatic rings. The number of carboxylic acid groups (broad SMARTS) is 1. The summed E-state index contributed by atoms with van der Waals surface area (Å²) in [5.41, 5.74) is 16.0. The zero-order valence-electron chi connectivity index (χ0n) is 49.0. The van der Waals surface area contributed by atoms with Crippen molar-refractivity contribution in [1.29, 1.82) is 0 Å². The maximum absolute atomic E-state index is 12.4.